The van der Waals surface area contributed by atoms with Gasteiger partial charge >= 0.3 is 0 Å². The Labute approximate surface area is 180 Å². The van der Waals surface area contributed by atoms with E-state index in [-0.39, 0.29) is 4.90 Å². The average Bonchev–Trinajstić information content (AvgIpc) is 3.20. The standard InChI is InChI=1S/C25H19N3O2S/c1-18-8-5-9-19(16-18)24-21(12-6-14-26-24)23-17-28(25-22(23)13-7-15-27-25)31(29,30)20-10-3-2-4-11-20/h2-17H,1H3. The third-order valence-electron chi connectivity index (χ3n) is 5.22. The Morgan fingerprint density at radius 1 is 0.774 bits per heavy atom. The van der Waals surface area contributed by atoms with Crippen molar-refractivity contribution in [2.75, 3.05) is 0 Å². The van der Waals surface area contributed by atoms with Crippen LogP contribution < -0.4 is 0 Å². The summed E-state index contributed by atoms with van der Waals surface area (Å²) in [5.41, 5.74) is 4.92. The van der Waals surface area contributed by atoms with E-state index in [0.717, 1.165) is 33.3 Å². The zero-order valence-electron chi connectivity index (χ0n) is 16.8. The van der Waals surface area contributed by atoms with Crippen molar-refractivity contribution in [3.05, 3.63) is 103 Å². The number of fused-ring (bicyclic) bond motifs is 1. The molecule has 0 N–H and O–H groups in total. The minimum atomic E-state index is -3.80. The third-order valence-corrected chi connectivity index (χ3v) is 6.89. The van der Waals surface area contributed by atoms with Crippen LogP contribution in [0.15, 0.2) is 102 Å². The maximum atomic E-state index is 13.4. The highest BCUT2D eigenvalue weighted by atomic mass is 32.2. The van der Waals surface area contributed by atoms with E-state index in [9.17, 15) is 8.42 Å². The van der Waals surface area contributed by atoms with Gasteiger partial charge in [-0.05, 0) is 43.3 Å². The largest absolute Gasteiger partial charge is 0.269 e. The molecule has 0 aliphatic carbocycles. The van der Waals surface area contributed by atoms with Crippen molar-refractivity contribution in [1.82, 2.24) is 13.9 Å². The molecule has 5 nitrogen and oxygen atoms in total. The molecular weight excluding hydrogens is 406 g/mol. The summed E-state index contributed by atoms with van der Waals surface area (Å²) in [7, 11) is -3.80. The molecule has 0 bridgehead atoms. The summed E-state index contributed by atoms with van der Waals surface area (Å²) in [5, 5.41) is 0.754. The number of rotatable bonds is 4. The molecule has 0 spiro atoms. The van der Waals surface area contributed by atoms with Gasteiger partial charge in [0, 0.05) is 40.7 Å². The lowest BCUT2D eigenvalue weighted by molar-refractivity contribution is 0.589. The second-order valence-corrected chi connectivity index (χ2v) is 9.12. The van der Waals surface area contributed by atoms with E-state index in [4.69, 9.17) is 0 Å². The van der Waals surface area contributed by atoms with E-state index < -0.39 is 10.0 Å². The highest BCUT2D eigenvalue weighted by Crippen LogP contribution is 2.36. The summed E-state index contributed by atoms with van der Waals surface area (Å²) in [6.45, 7) is 2.04. The van der Waals surface area contributed by atoms with Gasteiger partial charge < -0.3 is 0 Å². The first kappa shape index (κ1) is 19.2. The second kappa shape index (κ2) is 7.49. The van der Waals surface area contributed by atoms with Gasteiger partial charge in [0.1, 0.15) is 0 Å². The SMILES string of the molecule is Cc1cccc(-c2ncccc2-c2cn(S(=O)(=O)c3ccccc3)c3ncccc23)c1. The summed E-state index contributed by atoms with van der Waals surface area (Å²) >= 11 is 0. The quantitative estimate of drug-likeness (QED) is 0.391. The molecule has 0 radical (unpaired) electrons. The molecule has 0 unspecified atom stereocenters. The molecule has 0 saturated carbocycles. The lowest BCUT2D eigenvalue weighted by Crippen LogP contribution is -2.12. The Morgan fingerprint density at radius 2 is 1.55 bits per heavy atom. The van der Waals surface area contributed by atoms with Crippen LogP contribution in [0.3, 0.4) is 0 Å². The van der Waals surface area contributed by atoms with Crippen LogP contribution in [-0.2, 0) is 10.0 Å². The zero-order valence-corrected chi connectivity index (χ0v) is 17.6. The lowest BCUT2D eigenvalue weighted by Gasteiger charge is -2.09. The highest BCUT2D eigenvalue weighted by molar-refractivity contribution is 7.90. The van der Waals surface area contributed by atoms with Crippen LogP contribution in [0.5, 0.6) is 0 Å². The normalized spacial score (nSPS) is 11.6. The molecule has 0 atom stereocenters. The van der Waals surface area contributed by atoms with Crippen molar-refractivity contribution in [1.29, 1.82) is 0 Å². The first-order valence-corrected chi connectivity index (χ1v) is 11.3. The fourth-order valence-electron chi connectivity index (χ4n) is 3.78. The van der Waals surface area contributed by atoms with Gasteiger partial charge in [-0.1, -0.05) is 48.0 Å². The Morgan fingerprint density at radius 3 is 2.35 bits per heavy atom. The Balaban J connectivity index is 1.78. The number of hydrogen-bond acceptors (Lipinski definition) is 4. The van der Waals surface area contributed by atoms with Crippen molar-refractivity contribution >= 4 is 21.1 Å². The highest BCUT2D eigenvalue weighted by Gasteiger charge is 2.23. The fourth-order valence-corrected chi connectivity index (χ4v) is 5.13. The molecule has 152 valence electrons. The molecular formula is C25H19N3O2S. The molecule has 0 aliphatic rings. The molecule has 5 aromatic rings. The molecule has 6 heteroatoms. The summed E-state index contributed by atoms with van der Waals surface area (Å²) < 4.78 is 28.1. The number of nitrogens with zero attached hydrogens (tertiary/aromatic N) is 3. The van der Waals surface area contributed by atoms with Crippen LogP contribution in [0, 0.1) is 6.92 Å². The van der Waals surface area contributed by atoms with Crippen LogP contribution >= 0.6 is 0 Å². The van der Waals surface area contributed by atoms with Gasteiger partial charge in [-0.25, -0.2) is 17.4 Å². The number of aryl methyl sites for hydroxylation is 1. The van der Waals surface area contributed by atoms with Crippen LogP contribution in [-0.4, -0.2) is 22.4 Å². The molecule has 3 aromatic heterocycles. The van der Waals surface area contributed by atoms with E-state index in [1.165, 1.54) is 3.97 Å². The minimum absolute atomic E-state index is 0.217. The first-order valence-electron chi connectivity index (χ1n) is 9.85. The summed E-state index contributed by atoms with van der Waals surface area (Å²) in [5.74, 6) is 0. The van der Waals surface area contributed by atoms with Gasteiger partial charge in [0.2, 0.25) is 0 Å². The summed E-state index contributed by atoms with van der Waals surface area (Å²) in [4.78, 5) is 9.24. The lowest BCUT2D eigenvalue weighted by atomic mass is 9.98. The molecule has 2 aromatic carbocycles. The molecule has 0 fully saturated rings. The molecule has 0 saturated heterocycles. The summed E-state index contributed by atoms with van der Waals surface area (Å²) in [6.07, 6.45) is 5.00. The van der Waals surface area contributed by atoms with Gasteiger partial charge in [-0.2, -0.15) is 0 Å². The monoisotopic (exact) mass is 425 g/mol. The Kier molecular flexibility index (Phi) is 4.64. The van der Waals surface area contributed by atoms with E-state index in [1.54, 1.807) is 48.9 Å². The predicted molar refractivity (Wildman–Crippen MR) is 122 cm³/mol. The zero-order chi connectivity index (χ0) is 21.4. The summed E-state index contributed by atoms with van der Waals surface area (Å²) in [6, 6.07) is 24.0. The van der Waals surface area contributed by atoms with Crippen LogP contribution in [0.1, 0.15) is 5.56 Å². The van der Waals surface area contributed by atoms with E-state index >= 15 is 0 Å². The number of pyridine rings is 2. The average molecular weight is 426 g/mol. The fraction of sp³-hybridized carbons (Fsp3) is 0.0400. The van der Waals surface area contributed by atoms with Gasteiger partial charge in [0.05, 0.1) is 10.6 Å². The smallest absolute Gasteiger partial charge is 0.256 e. The second-order valence-electron chi connectivity index (χ2n) is 7.30. The molecule has 3 heterocycles. The minimum Gasteiger partial charge on any atom is -0.256 e. The van der Waals surface area contributed by atoms with Crippen molar-refractivity contribution < 1.29 is 8.42 Å². The van der Waals surface area contributed by atoms with Crippen molar-refractivity contribution in [2.45, 2.75) is 11.8 Å². The Hall–Kier alpha value is -3.77. The van der Waals surface area contributed by atoms with E-state index in [0.29, 0.717) is 5.65 Å². The van der Waals surface area contributed by atoms with Crippen molar-refractivity contribution in [3.63, 3.8) is 0 Å². The van der Waals surface area contributed by atoms with Crippen molar-refractivity contribution in [3.8, 4) is 22.4 Å². The van der Waals surface area contributed by atoms with E-state index in [1.807, 2.05) is 49.4 Å². The number of aromatic nitrogens is 3. The number of benzene rings is 2. The maximum Gasteiger partial charge on any atom is 0.269 e. The van der Waals surface area contributed by atoms with E-state index in [2.05, 4.69) is 16.0 Å². The molecule has 0 amide bonds. The van der Waals surface area contributed by atoms with Crippen molar-refractivity contribution in [2.24, 2.45) is 0 Å². The number of hydrogen-bond donors (Lipinski definition) is 0. The van der Waals surface area contributed by atoms with Crippen LogP contribution in [0.25, 0.3) is 33.4 Å². The topological polar surface area (TPSA) is 64.8 Å². The molecule has 31 heavy (non-hydrogen) atoms. The van der Waals surface area contributed by atoms with Crippen LogP contribution in [0.2, 0.25) is 0 Å². The Bertz CT molecular complexity index is 1510. The molecule has 5 rings (SSSR count). The predicted octanol–water partition coefficient (Wildman–Crippen LogP) is 5.31. The first-order chi connectivity index (χ1) is 15.1. The van der Waals surface area contributed by atoms with Gasteiger partial charge in [0.25, 0.3) is 10.0 Å². The molecule has 0 aliphatic heterocycles. The van der Waals surface area contributed by atoms with Gasteiger partial charge in [0.15, 0.2) is 5.65 Å². The van der Waals surface area contributed by atoms with Gasteiger partial charge in [-0.15, -0.1) is 0 Å². The van der Waals surface area contributed by atoms with Crippen LogP contribution in [0.4, 0.5) is 0 Å². The maximum absolute atomic E-state index is 13.4. The third kappa shape index (κ3) is 3.31. The van der Waals surface area contributed by atoms with Gasteiger partial charge in [-0.3, -0.25) is 4.98 Å².